The Labute approximate surface area is 110 Å². The molecule has 1 heterocycles. The summed E-state index contributed by atoms with van der Waals surface area (Å²) in [5, 5.41) is 22.1. The fourth-order valence-corrected chi connectivity index (χ4v) is 2.53. The molecule has 1 aliphatic heterocycles. The number of phenols is 1. The molecule has 2 N–H and O–H groups in total. The Kier molecular flexibility index (Phi) is 2.74. The second kappa shape index (κ2) is 4.28. The van der Waals surface area contributed by atoms with Crippen molar-refractivity contribution in [3.05, 3.63) is 57.8 Å². The Balaban J connectivity index is 2.08. The van der Waals surface area contributed by atoms with Crippen LogP contribution in [0.3, 0.4) is 0 Å². The Hall–Kier alpha value is -1.55. The highest BCUT2D eigenvalue weighted by molar-refractivity contribution is 6.31. The van der Waals surface area contributed by atoms with E-state index in [2.05, 4.69) is 0 Å². The number of hydroxylamine groups is 2. The number of quaternary nitrogens is 1. The van der Waals surface area contributed by atoms with Crippen molar-refractivity contribution in [1.82, 2.24) is 0 Å². The molecule has 0 saturated carbocycles. The van der Waals surface area contributed by atoms with Crippen LogP contribution in [-0.2, 0) is 13.1 Å². The molecule has 92 valence electrons. The first-order valence-corrected chi connectivity index (χ1v) is 6.13. The van der Waals surface area contributed by atoms with E-state index in [1.807, 2.05) is 18.2 Å². The van der Waals surface area contributed by atoms with Gasteiger partial charge in [-0.15, -0.1) is 0 Å². The molecule has 2 aromatic carbocycles. The molecule has 1 aliphatic rings. The van der Waals surface area contributed by atoms with Crippen molar-refractivity contribution in [2.24, 2.45) is 0 Å². The highest BCUT2D eigenvalue weighted by atomic mass is 35.5. The number of benzene rings is 2. The van der Waals surface area contributed by atoms with E-state index in [9.17, 15) is 10.3 Å². The maximum atomic E-state index is 11.4. The molecule has 0 aliphatic carbocycles. The zero-order chi connectivity index (χ0) is 12.7. The summed E-state index contributed by atoms with van der Waals surface area (Å²) in [7, 11) is 0. The fourth-order valence-electron chi connectivity index (χ4n) is 2.36. The van der Waals surface area contributed by atoms with Gasteiger partial charge in [-0.1, -0.05) is 23.7 Å². The average Bonchev–Trinajstić information content (AvgIpc) is 2.71. The lowest BCUT2D eigenvalue weighted by Gasteiger charge is -2.12. The number of halogens is 1. The standard InChI is InChI=1S/C14H12ClNO2/c15-12-3-4-14(17)13(6-12)9-1-2-10-7-16(18)8-11(10)5-9/h1-6,16-17H,7-8H2. The molecule has 1 atom stereocenters. The number of rotatable bonds is 1. The third-order valence-corrected chi connectivity index (χ3v) is 3.49. The first-order valence-electron chi connectivity index (χ1n) is 5.76. The molecule has 1 unspecified atom stereocenters. The summed E-state index contributed by atoms with van der Waals surface area (Å²) in [6.07, 6.45) is 0. The first kappa shape index (κ1) is 11.5. The molecule has 3 nitrogen and oxygen atoms in total. The lowest BCUT2D eigenvalue weighted by molar-refractivity contribution is -0.869. The SMILES string of the molecule is [O-][NH+]1Cc2ccc(-c3cc(Cl)ccc3O)cc2C1. The lowest BCUT2D eigenvalue weighted by Crippen LogP contribution is -3.02. The van der Waals surface area contributed by atoms with Crippen molar-refractivity contribution in [3.8, 4) is 16.9 Å². The molecule has 0 radical (unpaired) electrons. The number of hydrogen-bond acceptors (Lipinski definition) is 2. The molecule has 4 heteroatoms. The van der Waals surface area contributed by atoms with Crippen LogP contribution >= 0.6 is 11.6 Å². The molecule has 0 spiro atoms. The van der Waals surface area contributed by atoms with Crippen LogP contribution in [-0.4, -0.2) is 5.11 Å². The van der Waals surface area contributed by atoms with Crippen molar-refractivity contribution >= 4 is 11.6 Å². The minimum Gasteiger partial charge on any atom is -0.634 e. The van der Waals surface area contributed by atoms with Gasteiger partial charge in [0.2, 0.25) is 0 Å². The molecule has 3 rings (SSSR count). The maximum absolute atomic E-state index is 11.4. The van der Waals surface area contributed by atoms with Gasteiger partial charge < -0.3 is 15.4 Å². The topological polar surface area (TPSA) is 47.7 Å². The van der Waals surface area contributed by atoms with Gasteiger partial charge in [0.05, 0.1) is 0 Å². The molecular weight excluding hydrogens is 250 g/mol. The molecule has 0 fully saturated rings. The number of fused-ring (bicyclic) bond motifs is 1. The molecule has 0 bridgehead atoms. The zero-order valence-electron chi connectivity index (χ0n) is 9.61. The van der Waals surface area contributed by atoms with Crippen molar-refractivity contribution < 1.29 is 10.2 Å². The van der Waals surface area contributed by atoms with E-state index in [1.165, 1.54) is 0 Å². The van der Waals surface area contributed by atoms with Crippen LogP contribution in [0.15, 0.2) is 36.4 Å². The second-order valence-corrected chi connectivity index (χ2v) is 4.97. The Morgan fingerprint density at radius 2 is 1.83 bits per heavy atom. The lowest BCUT2D eigenvalue weighted by atomic mass is 10.00. The summed E-state index contributed by atoms with van der Waals surface area (Å²) >= 11 is 5.94. The van der Waals surface area contributed by atoms with E-state index in [0.717, 1.165) is 16.7 Å². The maximum Gasteiger partial charge on any atom is 0.123 e. The number of phenolic OH excluding ortho intramolecular Hbond substituents is 1. The van der Waals surface area contributed by atoms with Gasteiger partial charge >= 0.3 is 0 Å². The molecule has 0 aromatic heterocycles. The average molecular weight is 262 g/mol. The Bertz CT molecular complexity index is 613. The summed E-state index contributed by atoms with van der Waals surface area (Å²) < 4.78 is 0. The van der Waals surface area contributed by atoms with Gasteiger partial charge in [-0.3, -0.25) is 0 Å². The summed E-state index contributed by atoms with van der Waals surface area (Å²) in [5.74, 6) is 0.198. The molecule has 0 saturated heterocycles. The monoisotopic (exact) mass is 261 g/mol. The predicted octanol–water partition coefficient (Wildman–Crippen LogP) is 2.11. The normalized spacial score (nSPS) is 17.8. The van der Waals surface area contributed by atoms with E-state index in [-0.39, 0.29) is 10.8 Å². The van der Waals surface area contributed by atoms with E-state index in [0.29, 0.717) is 23.7 Å². The highest BCUT2D eigenvalue weighted by Crippen LogP contribution is 2.33. The Morgan fingerprint density at radius 3 is 2.67 bits per heavy atom. The zero-order valence-corrected chi connectivity index (χ0v) is 10.4. The third kappa shape index (κ3) is 1.97. The first-order chi connectivity index (χ1) is 8.63. The van der Waals surface area contributed by atoms with E-state index in [1.54, 1.807) is 18.2 Å². The number of hydrogen-bond donors (Lipinski definition) is 2. The van der Waals surface area contributed by atoms with Crippen LogP contribution < -0.4 is 5.06 Å². The van der Waals surface area contributed by atoms with Crippen LogP contribution in [0.1, 0.15) is 11.1 Å². The summed E-state index contributed by atoms with van der Waals surface area (Å²) in [6, 6.07) is 10.8. The highest BCUT2D eigenvalue weighted by Gasteiger charge is 2.18. The quantitative estimate of drug-likeness (QED) is 0.773. The minimum atomic E-state index is 0.198. The smallest absolute Gasteiger partial charge is 0.123 e. The molecular formula is C14H12ClNO2. The van der Waals surface area contributed by atoms with Crippen molar-refractivity contribution in [2.75, 3.05) is 0 Å². The summed E-state index contributed by atoms with van der Waals surface area (Å²) in [5.41, 5.74) is 3.73. The second-order valence-electron chi connectivity index (χ2n) is 4.54. The van der Waals surface area contributed by atoms with Gasteiger partial charge in [-0.25, -0.2) is 0 Å². The van der Waals surface area contributed by atoms with Gasteiger partial charge in [0, 0.05) is 21.7 Å². The van der Waals surface area contributed by atoms with Crippen LogP contribution in [0.25, 0.3) is 11.1 Å². The summed E-state index contributed by atoms with van der Waals surface area (Å²) in [4.78, 5) is 0. The van der Waals surface area contributed by atoms with E-state index >= 15 is 0 Å². The van der Waals surface area contributed by atoms with Crippen LogP contribution in [0.4, 0.5) is 0 Å². The van der Waals surface area contributed by atoms with Gasteiger partial charge in [0.25, 0.3) is 0 Å². The van der Waals surface area contributed by atoms with Gasteiger partial charge in [-0.05, 0) is 29.8 Å². The van der Waals surface area contributed by atoms with Crippen molar-refractivity contribution in [2.45, 2.75) is 13.1 Å². The van der Waals surface area contributed by atoms with E-state index < -0.39 is 0 Å². The molecule has 2 aromatic rings. The summed E-state index contributed by atoms with van der Waals surface area (Å²) in [6.45, 7) is 1.02. The van der Waals surface area contributed by atoms with Crippen molar-refractivity contribution in [3.63, 3.8) is 0 Å². The van der Waals surface area contributed by atoms with Crippen LogP contribution in [0, 0.1) is 5.21 Å². The number of aromatic hydroxyl groups is 1. The third-order valence-electron chi connectivity index (χ3n) is 3.25. The molecule has 0 amide bonds. The molecule has 18 heavy (non-hydrogen) atoms. The van der Waals surface area contributed by atoms with Gasteiger partial charge in [0.15, 0.2) is 0 Å². The van der Waals surface area contributed by atoms with E-state index in [4.69, 9.17) is 11.6 Å². The number of nitrogens with one attached hydrogen (secondary N) is 1. The van der Waals surface area contributed by atoms with Crippen LogP contribution in [0.5, 0.6) is 5.75 Å². The van der Waals surface area contributed by atoms with Gasteiger partial charge in [-0.2, -0.15) is 0 Å². The fraction of sp³-hybridized carbons (Fsp3) is 0.143. The predicted molar refractivity (Wildman–Crippen MR) is 70.3 cm³/mol. The van der Waals surface area contributed by atoms with Crippen LogP contribution in [0.2, 0.25) is 5.02 Å². The largest absolute Gasteiger partial charge is 0.634 e. The van der Waals surface area contributed by atoms with Crippen molar-refractivity contribution in [1.29, 1.82) is 0 Å². The Morgan fingerprint density at radius 1 is 1.06 bits per heavy atom. The van der Waals surface area contributed by atoms with Gasteiger partial charge in [0.1, 0.15) is 18.8 Å². The minimum absolute atomic E-state index is 0.198.